The molecule has 0 saturated carbocycles. The molecule has 1 saturated heterocycles. The van der Waals surface area contributed by atoms with Crippen LogP contribution in [0.5, 0.6) is 0 Å². The second-order valence-corrected chi connectivity index (χ2v) is 6.56. The van der Waals surface area contributed by atoms with Crippen molar-refractivity contribution in [2.75, 3.05) is 35.8 Å². The van der Waals surface area contributed by atoms with Crippen LogP contribution in [0.2, 0.25) is 0 Å². The third-order valence-electron chi connectivity index (χ3n) is 4.86. The number of anilines is 3. The first-order valence-corrected chi connectivity index (χ1v) is 8.92. The van der Waals surface area contributed by atoms with Gasteiger partial charge in [-0.3, -0.25) is 5.32 Å². The van der Waals surface area contributed by atoms with Gasteiger partial charge in [-0.15, -0.1) is 0 Å². The molecular weight excluding hydrogens is 314 g/mol. The molecule has 132 valence electrons. The van der Waals surface area contributed by atoms with Gasteiger partial charge >= 0.3 is 0 Å². The van der Waals surface area contributed by atoms with Crippen molar-refractivity contribution in [1.29, 1.82) is 0 Å². The Hall–Kier alpha value is -2.31. The van der Waals surface area contributed by atoms with Gasteiger partial charge in [0.25, 0.3) is 0 Å². The van der Waals surface area contributed by atoms with E-state index in [1.165, 1.54) is 5.56 Å². The van der Waals surface area contributed by atoms with E-state index < -0.39 is 0 Å². The summed E-state index contributed by atoms with van der Waals surface area (Å²) in [4.78, 5) is 6.94. The highest BCUT2D eigenvalue weighted by Gasteiger charge is 2.32. The van der Waals surface area contributed by atoms with E-state index in [1.807, 2.05) is 13.2 Å². The standard InChI is InChI=1S/C19H25N5O/c1-20-16-11-17-18(21-12-16)23-19(22-15-7-9-25-10-8-15)24(17)13-14-5-3-2-4-6-14/h2-6,11-12,15,19-20,22H,7-10,13H2,1H3,(H,21,23). The molecule has 2 aliphatic rings. The zero-order valence-electron chi connectivity index (χ0n) is 14.5. The van der Waals surface area contributed by atoms with E-state index in [4.69, 9.17) is 4.74 Å². The van der Waals surface area contributed by atoms with Gasteiger partial charge in [0, 0.05) is 32.8 Å². The predicted molar refractivity (Wildman–Crippen MR) is 101 cm³/mol. The fraction of sp³-hybridized carbons (Fsp3) is 0.421. The largest absolute Gasteiger partial charge is 0.387 e. The van der Waals surface area contributed by atoms with Gasteiger partial charge in [-0.2, -0.15) is 0 Å². The monoisotopic (exact) mass is 339 g/mol. The molecule has 3 N–H and O–H groups in total. The number of hydrogen-bond donors (Lipinski definition) is 3. The maximum Gasteiger partial charge on any atom is 0.157 e. The van der Waals surface area contributed by atoms with E-state index in [2.05, 4.69) is 62.2 Å². The maximum absolute atomic E-state index is 5.48. The third-order valence-corrected chi connectivity index (χ3v) is 4.86. The number of aromatic nitrogens is 1. The first-order valence-electron chi connectivity index (χ1n) is 8.92. The zero-order valence-corrected chi connectivity index (χ0v) is 14.5. The van der Waals surface area contributed by atoms with E-state index in [9.17, 15) is 0 Å². The second kappa shape index (κ2) is 7.29. The number of pyridine rings is 1. The minimum absolute atomic E-state index is 0.0397. The fourth-order valence-corrected chi connectivity index (χ4v) is 3.44. The molecule has 6 nitrogen and oxygen atoms in total. The topological polar surface area (TPSA) is 61.5 Å². The van der Waals surface area contributed by atoms with Crippen molar-refractivity contribution < 1.29 is 4.74 Å². The van der Waals surface area contributed by atoms with Gasteiger partial charge in [-0.1, -0.05) is 30.3 Å². The molecule has 0 bridgehead atoms. The van der Waals surface area contributed by atoms with E-state index >= 15 is 0 Å². The van der Waals surface area contributed by atoms with Crippen molar-refractivity contribution in [2.45, 2.75) is 31.7 Å². The van der Waals surface area contributed by atoms with Gasteiger partial charge in [0.05, 0.1) is 17.6 Å². The van der Waals surface area contributed by atoms with Crippen LogP contribution in [0, 0.1) is 0 Å². The molecule has 1 fully saturated rings. The number of ether oxygens (including phenoxy) is 1. The lowest BCUT2D eigenvalue weighted by molar-refractivity contribution is 0.0757. The summed E-state index contributed by atoms with van der Waals surface area (Å²) in [5, 5.41) is 10.5. The minimum atomic E-state index is 0.0397. The average molecular weight is 339 g/mol. The Kier molecular flexibility index (Phi) is 4.72. The Bertz CT molecular complexity index is 702. The SMILES string of the molecule is CNc1cnc2c(c1)N(Cc1ccccc1)C(NC1CCOCC1)N2. The number of rotatable bonds is 5. The molecule has 1 aromatic carbocycles. The summed E-state index contributed by atoms with van der Waals surface area (Å²) in [7, 11) is 1.92. The van der Waals surface area contributed by atoms with Crippen molar-refractivity contribution in [3.8, 4) is 0 Å². The molecule has 1 unspecified atom stereocenters. The van der Waals surface area contributed by atoms with Crippen LogP contribution in [0.3, 0.4) is 0 Å². The molecule has 1 atom stereocenters. The van der Waals surface area contributed by atoms with Gasteiger partial charge in [0.15, 0.2) is 12.1 Å². The maximum atomic E-state index is 5.48. The minimum Gasteiger partial charge on any atom is -0.387 e. The van der Waals surface area contributed by atoms with Crippen LogP contribution in [-0.2, 0) is 11.3 Å². The van der Waals surface area contributed by atoms with Crippen molar-refractivity contribution in [3.05, 3.63) is 48.2 Å². The lowest BCUT2D eigenvalue weighted by Crippen LogP contribution is -2.52. The van der Waals surface area contributed by atoms with Gasteiger partial charge < -0.3 is 20.3 Å². The molecule has 4 rings (SSSR count). The Labute approximate surface area is 148 Å². The molecule has 0 amide bonds. The summed E-state index contributed by atoms with van der Waals surface area (Å²) in [5.41, 5.74) is 3.43. The summed E-state index contributed by atoms with van der Waals surface area (Å²) < 4.78 is 5.48. The Balaban J connectivity index is 1.58. The number of benzene rings is 1. The fourth-order valence-electron chi connectivity index (χ4n) is 3.44. The third kappa shape index (κ3) is 3.55. The first-order chi connectivity index (χ1) is 12.3. The van der Waals surface area contributed by atoms with Crippen LogP contribution in [0.4, 0.5) is 17.2 Å². The van der Waals surface area contributed by atoms with E-state index in [0.29, 0.717) is 6.04 Å². The summed E-state index contributed by atoms with van der Waals surface area (Å²) >= 11 is 0. The summed E-state index contributed by atoms with van der Waals surface area (Å²) in [5.74, 6) is 0.930. The summed E-state index contributed by atoms with van der Waals surface area (Å²) in [6, 6.07) is 13.2. The van der Waals surface area contributed by atoms with Crippen LogP contribution < -0.4 is 20.9 Å². The van der Waals surface area contributed by atoms with Crippen LogP contribution in [-0.4, -0.2) is 37.6 Å². The molecule has 6 heteroatoms. The molecule has 2 aliphatic heterocycles. The Morgan fingerprint density at radius 2 is 2.04 bits per heavy atom. The van der Waals surface area contributed by atoms with Crippen molar-refractivity contribution in [3.63, 3.8) is 0 Å². The van der Waals surface area contributed by atoms with Crippen molar-refractivity contribution >= 4 is 17.2 Å². The highest BCUT2D eigenvalue weighted by atomic mass is 16.5. The smallest absolute Gasteiger partial charge is 0.157 e. The van der Waals surface area contributed by atoms with Crippen molar-refractivity contribution in [1.82, 2.24) is 10.3 Å². The summed E-state index contributed by atoms with van der Waals surface area (Å²) in [6.45, 7) is 2.49. The number of fused-ring (bicyclic) bond motifs is 1. The molecule has 25 heavy (non-hydrogen) atoms. The van der Waals surface area contributed by atoms with Crippen LogP contribution >= 0.6 is 0 Å². The quantitative estimate of drug-likeness (QED) is 0.778. The van der Waals surface area contributed by atoms with Crippen molar-refractivity contribution in [2.24, 2.45) is 0 Å². The number of hydrogen-bond acceptors (Lipinski definition) is 6. The normalized spacial score (nSPS) is 20.2. The first kappa shape index (κ1) is 16.2. The highest BCUT2D eigenvalue weighted by Crippen LogP contribution is 2.35. The van der Waals surface area contributed by atoms with E-state index in [-0.39, 0.29) is 6.29 Å². The zero-order chi connectivity index (χ0) is 17.1. The highest BCUT2D eigenvalue weighted by molar-refractivity contribution is 5.75. The lowest BCUT2D eigenvalue weighted by atomic mass is 10.1. The molecule has 0 spiro atoms. The predicted octanol–water partition coefficient (Wildman–Crippen LogP) is 2.61. The van der Waals surface area contributed by atoms with Gasteiger partial charge in [-0.25, -0.2) is 4.98 Å². The molecule has 1 aromatic heterocycles. The molecular formula is C19H25N5O. The number of nitrogens with one attached hydrogen (secondary N) is 3. The number of nitrogens with zero attached hydrogens (tertiary/aromatic N) is 2. The average Bonchev–Trinajstić information content (AvgIpc) is 3.00. The van der Waals surface area contributed by atoms with Crippen LogP contribution in [0.15, 0.2) is 42.6 Å². The molecule has 0 radical (unpaired) electrons. The van der Waals surface area contributed by atoms with Crippen LogP contribution in [0.25, 0.3) is 0 Å². The lowest BCUT2D eigenvalue weighted by Gasteiger charge is -2.32. The van der Waals surface area contributed by atoms with Crippen LogP contribution in [0.1, 0.15) is 18.4 Å². The van der Waals surface area contributed by atoms with Gasteiger partial charge in [-0.05, 0) is 24.5 Å². The Morgan fingerprint density at radius 3 is 2.80 bits per heavy atom. The Morgan fingerprint density at radius 1 is 1.24 bits per heavy atom. The molecule has 2 aromatic rings. The second-order valence-electron chi connectivity index (χ2n) is 6.56. The van der Waals surface area contributed by atoms with E-state index in [1.54, 1.807) is 0 Å². The summed E-state index contributed by atoms with van der Waals surface area (Å²) in [6.07, 6.45) is 3.99. The van der Waals surface area contributed by atoms with Gasteiger partial charge in [0.1, 0.15) is 0 Å². The molecule has 0 aliphatic carbocycles. The molecule has 3 heterocycles. The van der Waals surface area contributed by atoms with Gasteiger partial charge in [0.2, 0.25) is 0 Å². The van der Waals surface area contributed by atoms with E-state index in [0.717, 1.165) is 49.8 Å².